The summed E-state index contributed by atoms with van der Waals surface area (Å²) in [6.45, 7) is 1.47. The molecule has 0 aliphatic heterocycles. The van der Waals surface area contributed by atoms with Gasteiger partial charge in [-0.25, -0.2) is 12.7 Å². The predicted molar refractivity (Wildman–Crippen MR) is 104 cm³/mol. The van der Waals surface area contributed by atoms with E-state index < -0.39 is 28.0 Å². The molecule has 1 aromatic carbocycles. The van der Waals surface area contributed by atoms with E-state index in [1.54, 1.807) is 17.4 Å². The molecule has 0 bridgehead atoms. The van der Waals surface area contributed by atoms with Gasteiger partial charge in [0.1, 0.15) is 0 Å². The lowest BCUT2D eigenvalue weighted by atomic mass is 10.2. The molecule has 1 atom stereocenters. The maximum Gasteiger partial charge on any atom is 0.306 e. The lowest BCUT2D eigenvalue weighted by Crippen LogP contribution is -2.30. The van der Waals surface area contributed by atoms with Crippen LogP contribution in [0.4, 0.5) is 5.69 Å². The molecule has 2 rings (SSSR count). The van der Waals surface area contributed by atoms with Gasteiger partial charge in [0.2, 0.25) is 10.0 Å². The molecule has 0 saturated heterocycles. The Morgan fingerprint density at radius 2 is 2.00 bits per heavy atom. The predicted octanol–water partition coefficient (Wildman–Crippen LogP) is 2.50. The van der Waals surface area contributed by atoms with Gasteiger partial charge in [-0.05, 0) is 53.9 Å². The van der Waals surface area contributed by atoms with E-state index in [1.807, 2.05) is 16.8 Å². The van der Waals surface area contributed by atoms with Gasteiger partial charge < -0.3 is 10.1 Å². The van der Waals surface area contributed by atoms with Crippen LogP contribution in [0.25, 0.3) is 0 Å². The van der Waals surface area contributed by atoms with Crippen LogP contribution in [0, 0.1) is 0 Å². The number of ether oxygens (including phenoxy) is 1. The number of thiophene rings is 1. The molecule has 1 N–H and O–H groups in total. The third kappa shape index (κ3) is 5.88. The molecule has 27 heavy (non-hydrogen) atoms. The summed E-state index contributed by atoms with van der Waals surface area (Å²) < 4.78 is 30.6. The van der Waals surface area contributed by atoms with Crippen molar-refractivity contribution in [3.63, 3.8) is 0 Å². The number of esters is 1. The number of aryl methyl sites for hydroxylation is 1. The highest BCUT2D eigenvalue weighted by molar-refractivity contribution is 7.89. The molecule has 0 unspecified atom stereocenters. The largest absolute Gasteiger partial charge is 0.453 e. The average molecular weight is 411 g/mol. The second-order valence-electron chi connectivity index (χ2n) is 6.07. The summed E-state index contributed by atoms with van der Waals surface area (Å²) in [4.78, 5) is 24.2. The van der Waals surface area contributed by atoms with Crippen LogP contribution in [0.1, 0.15) is 18.9 Å². The van der Waals surface area contributed by atoms with Gasteiger partial charge in [0.25, 0.3) is 5.91 Å². The van der Waals surface area contributed by atoms with Crippen molar-refractivity contribution in [3.05, 3.63) is 46.7 Å². The second-order valence-corrected chi connectivity index (χ2v) is 9.00. The van der Waals surface area contributed by atoms with E-state index in [0.29, 0.717) is 12.1 Å². The van der Waals surface area contributed by atoms with Crippen LogP contribution in [0.15, 0.2) is 46.0 Å². The summed E-state index contributed by atoms with van der Waals surface area (Å²) in [5.41, 5.74) is 1.36. The quantitative estimate of drug-likeness (QED) is 0.675. The summed E-state index contributed by atoms with van der Waals surface area (Å²) in [6, 6.07) is 7.83. The van der Waals surface area contributed by atoms with Crippen molar-refractivity contribution in [1.29, 1.82) is 0 Å². The van der Waals surface area contributed by atoms with Crippen molar-refractivity contribution in [2.75, 3.05) is 19.4 Å². The van der Waals surface area contributed by atoms with Crippen LogP contribution in [-0.2, 0) is 30.8 Å². The molecule has 0 fully saturated rings. The first-order valence-corrected chi connectivity index (χ1v) is 10.6. The highest BCUT2D eigenvalue weighted by Crippen LogP contribution is 2.18. The molecule has 0 saturated carbocycles. The summed E-state index contributed by atoms with van der Waals surface area (Å²) in [7, 11) is -0.748. The second kappa shape index (κ2) is 9.12. The fourth-order valence-electron chi connectivity index (χ4n) is 2.18. The van der Waals surface area contributed by atoms with Crippen molar-refractivity contribution in [2.24, 2.45) is 0 Å². The first-order chi connectivity index (χ1) is 12.7. The molecule has 0 spiro atoms. The normalized spacial score (nSPS) is 12.6. The van der Waals surface area contributed by atoms with Crippen molar-refractivity contribution in [3.8, 4) is 0 Å². The fraction of sp³-hybridized carbons (Fsp3) is 0.333. The zero-order valence-corrected chi connectivity index (χ0v) is 17.0. The number of carbonyl (C=O) groups excluding carboxylic acids is 2. The van der Waals surface area contributed by atoms with Gasteiger partial charge in [0.05, 0.1) is 4.90 Å². The standard InChI is InChI=1S/C18H22N2O5S2/c1-13(25-17(21)8-7-14-9-10-26-12-14)18(22)19-15-5-4-6-16(11-15)27(23,24)20(2)3/h4-6,9-13H,7-8H2,1-3H3,(H,19,22)/t13-/m1/s1. The summed E-state index contributed by atoms with van der Waals surface area (Å²) in [6.07, 6.45) is -0.249. The highest BCUT2D eigenvalue weighted by Gasteiger charge is 2.20. The van der Waals surface area contributed by atoms with Crippen LogP contribution in [0.2, 0.25) is 0 Å². The smallest absolute Gasteiger partial charge is 0.306 e. The number of rotatable bonds is 8. The van der Waals surface area contributed by atoms with Gasteiger partial charge in [0.15, 0.2) is 6.10 Å². The lowest BCUT2D eigenvalue weighted by molar-refractivity contribution is -0.153. The Labute approximate surface area is 163 Å². The van der Waals surface area contributed by atoms with Gasteiger partial charge in [-0.3, -0.25) is 9.59 Å². The molecule has 2 aromatic rings. The molecule has 1 heterocycles. The van der Waals surface area contributed by atoms with Crippen molar-refractivity contribution in [1.82, 2.24) is 4.31 Å². The van der Waals surface area contributed by atoms with Crippen LogP contribution >= 0.6 is 11.3 Å². The number of hydrogen-bond donors (Lipinski definition) is 1. The molecule has 146 valence electrons. The van der Waals surface area contributed by atoms with Crippen LogP contribution < -0.4 is 5.32 Å². The Bertz CT molecular complexity index is 892. The Hall–Kier alpha value is -2.23. The molecule has 0 aliphatic rings. The van der Waals surface area contributed by atoms with Crippen molar-refractivity contribution < 1.29 is 22.7 Å². The minimum absolute atomic E-state index is 0.0608. The van der Waals surface area contributed by atoms with Crippen LogP contribution in [0.5, 0.6) is 0 Å². The molecular weight excluding hydrogens is 388 g/mol. The summed E-state index contributed by atoms with van der Waals surface area (Å²) in [5, 5.41) is 6.46. The van der Waals surface area contributed by atoms with Gasteiger partial charge >= 0.3 is 5.97 Å². The molecule has 0 aliphatic carbocycles. The Balaban J connectivity index is 1.93. The minimum atomic E-state index is -3.61. The third-order valence-electron chi connectivity index (χ3n) is 3.76. The Kier molecular flexibility index (Phi) is 7.11. The summed E-state index contributed by atoms with van der Waals surface area (Å²) >= 11 is 1.55. The summed E-state index contributed by atoms with van der Waals surface area (Å²) in [5.74, 6) is -0.994. The van der Waals surface area contributed by atoms with E-state index >= 15 is 0 Å². The van der Waals surface area contributed by atoms with Crippen molar-refractivity contribution >= 4 is 38.9 Å². The molecular formula is C18H22N2O5S2. The number of amides is 1. The zero-order chi connectivity index (χ0) is 20.0. The van der Waals surface area contributed by atoms with Crippen LogP contribution in [0.3, 0.4) is 0 Å². The molecule has 1 aromatic heterocycles. The number of nitrogens with zero attached hydrogens (tertiary/aromatic N) is 1. The van der Waals surface area contributed by atoms with E-state index in [1.165, 1.54) is 39.2 Å². The van der Waals surface area contributed by atoms with Gasteiger partial charge in [-0.2, -0.15) is 11.3 Å². The van der Waals surface area contributed by atoms with E-state index in [-0.39, 0.29) is 11.3 Å². The third-order valence-corrected chi connectivity index (χ3v) is 6.30. The first kappa shape index (κ1) is 21.1. The number of benzene rings is 1. The first-order valence-electron chi connectivity index (χ1n) is 8.24. The van der Waals surface area contributed by atoms with E-state index in [0.717, 1.165) is 9.87 Å². The molecule has 9 heteroatoms. The number of carbonyl (C=O) groups is 2. The Morgan fingerprint density at radius 1 is 1.26 bits per heavy atom. The van der Waals surface area contributed by atoms with E-state index in [2.05, 4.69) is 5.32 Å². The monoisotopic (exact) mass is 410 g/mol. The van der Waals surface area contributed by atoms with Gasteiger partial charge in [-0.15, -0.1) is 0 Å². The molecule has 0 radical (unpaired) electrons. The van der Waals surface area contributed by atoms with E-state index in [4.69, 9.17) is 4.74 Å². The Morgan fingerprint density at radius 3 is 2.63 bits per heavy atom. The average Bonchev–Trinajstić information content (AvgIpc) is 3.13. The maximum absolute atomic E-state index is 12.2. The number of sulfonamides is 1. The molecule has 7 nitrogen and oxygen atoms in total. The van der Waals surface area contributed by atoms with Crippen LogP contribution in [-0.4, -0.2) is 44.8 Å². The minimum Gasteiger partial charge on any atom is -0.453 e. The SMILES string of the molecule is C[C@@H](OC(=O)CCc1ccsc1)C(=O)Nc1cccc(S(=O)(=O)N(C)C)c1. The fourth-order valence-corrected chi connectivity index (χ4v) is 3.83. The van der Waals surface area contributed by atoms with Gasteiger partial charge in [-0.1, -0.05) is 6.07 Å². The highest BCUT2D eigenvalue weighted by atomic mass is 32.2. The maximum atomic E-state index is 12.2. The van der Waals surface area contributed by atoms with Crippen molar-refractivity contribution in [2.45, 2.75) is 30.8 Å². The number of nitrogens with one attached hydrogen (secondary N) is 1. The van der Waals surface area contributed by atoms with E-state index in [9.17, 15) is 18.0 Å². The number of hydrogen-bond acceptors (Lipinski definition) is 6. The molecule has 1 amide bonds. The number of anilines is 1. The zero-order valence-electron chi connectivity index (χ0n) is 15.3. The van der Waals surface area contributed by atoms with Gasteiger partial charge in [0, 0.05) is 26.2 Å². The lowest BCUT2D eigenvalue weighted by Gasteiger charge is -2.15. The topological polar surface area (TPSA) is 92.8 Å².